The first kappa shape index (κ1) is 13.3. The number of amides is 3. The van der Waals surface area contributed by atoms with Crippen LogP contribution in [0, 0.1) is 0 Å². The maximum absolute atomic E-state index is 11.9. The van der Waals surface area contributed by atoms with Crippen LogP contribution in [0.4, 0.5) is 4.79 Å². The maximum Gasteiger partial charge on any atom is 0.322 e. The summed E-state index contributed by atoms with van der Waals surface area (Å²) in [5, 5.41) is 10.3. The van der Waals surface area contributed by atoms with Gasteiger partial charge in [0.1, 0.15) is 5.69 Å². The number of carbonyl (C=O) groups is 2. The highest BCUT2D eigenvalue weighted by Gasteiger charge is 2.35. The predicted molar refractivity (Wildman–Crippen MR) is 78.0 cm³/mol. The molecule has 2 atom stereocenters. The number of nitrogens with one attached hydrogen (secondary N) is 2. The van der Waals surface area contributed by atoms with Gasteiger partial charge in [0.05, 0.1) is 5.52 Å². The lowest BCUT2D eigenvalue weighted by molar-refractivity contribution is -0.120. The van der Waals surface area contributed by atoms with Gasteiger partial charge in [0.2, 0.25) is 0 Å². The number of aromatic nitrogens is 2. The zero-order valence-electron chi connectivity index (χ0n) is 11.9. The van der Waals surface area contributed by atoms with Gasteiger partial charge >= 0.3 is 6.03 Å². The molecule has 2 aliphatic rings. The molecule has 0 saturated carbocycles. The molecule has 0 aliphatic carbocycles. The third-order valence-corrected chi connectivity index (χ3v) is 4.12. The highest BCUT2D eigenvalue weighted by molar-refractivity contribution is 6.06. The van der Waals surface area contributed by atoms with Crippen molar-refractivity contribution in [2.75, 3.05) is 6.61 Å². The number of nitrogens with zero attached hydrogens (tertiary/aromatic N) is 2. The number of ether oxygens (including phenoxy) is 1. The van der Waals surface area contributed by atoms with Crippen LogP contribution in [0.1, 0.15) is 37.2 Å². The lowest BCUT2D eigenvalue weighted by atomic mass is 10.1. The van der Waals surface area contributed by atoms with E-state index < -0.39 is 12.1 Å². The van der Waals surface area contributed by atoms with Crippen LogP contribution < -0.4 is 10.6 Å². The molecule has 2 fully saturated rings. The number of fused-ring (bicyclic) bond motifs is 1. The van der Waals surface area contributed by atoms with E-state index in [-0.39, 0.29) is 12.1 Å². The number of para-hydroxylation sites is 1. The molecule has 2 N–H and O–H groups in total. The lowest BCUT2D eigenvalue weighted by Gasteiger charge is -2.23. The molecule has 22 heavy (non-hydrogen) atoms. The smallest absolute Gasteiger partial charge is 0.322 e. The van der Waals surface area contributed by atoms with E-state index in [4.69, 9.17) is 4.74 Å². The summed E-state index contributed by atoms with van der Waals surface area (Å²) in [6.07, 6.45) is 2.93. The summed E-state index contributed by atoms with van der Waals surface area (Å²) in [4.78, 5) is 23.3. The number of rotatable bonds is 2. The SMILES string of the molecule is O=C1NC(=O)[C@@H](c2nn([C@@H]3CCCCO3)c3ccccc23)N1. The molecule has 2 aromatic rings. The van der Waals surface area contributed by atoms with Crippen LogP contribution in [-0.4, -0.2) is 28.3 Å². The van der Waals surface area contributed by atoms with Crippen LogP contribution in [0.3, 0.4) is 0 Å². The number of carbonyl (C=O) groups excluding carboxylic acids is 2. The molecule has 3 heterocycles. The molecule has 3 amide bonds. The van der Waals surface area contributed by atoms with Crippen molar-refractivity contribution >= 4 is 22.8 Å². The zero-order valence-corrected chi connectivity index (χ0v) is 11.9. The normalized spacial score (nSPS) is 25.3. The number of hydrogen-bond acceptors (Lipinski definition) is 4. The number of benzene rings is 1. The second-order valence-corrected chi connectivity index (χ2v) is 5.56. The average Bonchev–Trinajstić information content (AvgIpc) is 3.08. The fraction of sp³-hybridized carbons (Fsp3) is 0.400. The highest BCUT2D eigenvalue weighted by atomic mass is 16.5. The lowest BCUT2D eigenvalue weighted by Crippen LogP contribution is -2.22. The molecule has 0 radical (unpaired) electrons. The van der Waals surface area contributed by atoms with E-state index in [1.54, 1.807) is 0 Å². The maximum atomic E-state index is 11.9. The summed E-state index contributed by atoms with van der Waals surface area (Å²) < 4.78 is 7.64. The fourth-order valence-electron chi connectivity index (χ4n) is 3.07. The molecule has 7 nitrogen and oxygen atoms in total. The Hall–Kier alpha value is -2.41. The average molecular weight is 300 g/mol. The Morgan fingerprint density at radius 3 is 2.82 bits per heavy atom. The molecule has 2 saturated heterocycles. The minimum Gasteiger partial charge on any atom is -0.356 e. The topological polar surface area (TPSA) is 85.2 Å². The van der Waals surface area contributed by atoms with Crippen LogP contribution in [-0.2, 0) is 9.53 Å². The van der Waals surface area contributed by atoms with Crippen LogP contribution >= 0.6 is 0 Å². The first-order valence-corrected chi connectivity index (χ1v) is 7.44. The molecule has 2 aliphatic heterocycles. The van der Waals surface area contributed by atoms with Crippen molar-refractivity contribution in [2.45, 2.75) is 31.5 Å². The van der Waals surface area contributed by atoms with Crippen LogP contribution in [0.15, 0.2) is 24.3 Å². The zero-order chi connectivity index (χ0) is 15.1. The second kappa shape index (κ2) is 5.10. The molecule has 0 spiro atoms. The predicted octanol–water partition coefficient (Wildman–Crippen LogP) is 1.62. The molecule has 7 heteroatoms. The van der Waals surface area contributed by atoms with Gasteiger partial charge in [0.25, 0.3) is 5.91 Å². The van der Waals surface area contributed by atoms with Crippen molar-refractivity contribution in [3.63, 3.8) is 0 Å². The van der Waals surface area contributed by atoms with Gasteiger partial charge in [-0.1, -0.05) is 18.2 Å². The molecule has 0 bridgehead atoms. The minimum atomic E-state index is -0.748. The van der Waals surface area contributed by atoms with Crippen molar-refractivity contribution in [1.82, 2.24) is 20.4 Å². The van der Waals surface area contributed by atoms with Crippen LogP contribution in [0.2, 0.25) is 0 Å². The van der Waals surface area contributed by atoms with Crippen molar-refractivity contribution in [1.29, 1.82) is 0 Å². The van der Waals surface area contributed by atoms with Gasteiger partial charge in [-0.25, -0.2) is 9.48 Å². The summed E-state index contributed by atoms with van der Waals surface area (Å²) in [7, 11) is 0. The summed E-state index contributed by atoms with van der Waals surface area (Å²) in [5.41, 5.74) is 1.48. The Bertz CT molecular complexity index is 748. The second-order valence-electron chi connectivity index (χ2n) is 5.56. The Morgan fingerprint density at radius 1 is 1.23 bits per heavy atom. The summed E-state index contributed by atoms with van der Waals surface area (Å²) in [6, 6.07) is 6.46. The van der Waals surface area contributed by atoms with Gasteiger partial charge in [-0.3, -0.25) is 10.1 Å². The molecule has 1 aromatic carbocycles. The Morgan fingerprint density at radius 2 is 2.09 bits per heavy atom. The van der Waals surface area contributed by atoms with E-state index in [1.807, 2.05) is 28.9 Å². The van der Waals surface area contributed by atoms with E-state index in [1.165, 1.54) is 0 Å². The molecule has 0 unspecified atom stereocenters. The minimum absolute atomic E-state index is 0.118. The first-order valence-electron chi connectivity index (χ1n) is 7.44. The third kappa shape index (κ3) is 2.05. The van der Waals surface area contributed by atoms with Crippen molar-refractivity contribution in [3.8, 4) is 0 Å². The van der Waals surface area contributed by atoms with Crippen LogP contribution in [0.25, 0.3) is 10.9 Å². The van der Waals surface area contributed by atoms with E-state index >= 15 is 0 Å². The summed E-state index contributed by atoms with van der Waals surface area (Å²) >= 11 is 0. The quantitative estimate of drug-likeness (QED) is 0.825. The van der Waals surface area contributed by atoms with Crippen molar-refractivity contribution in [3.05, 3.63) is 30.0 Å². The van der Waals surface area contributed by atoms with Gasteiger partial charge in [-0.05, 0) is 25.3 Å². The van der Waals surface area contributed by atoms with Gasteiger partial charge in [0, 0.05) is 12.0 Å². The van der Waals surface area contributed by atoms with Gasteiger partial charge in [-0.2, -0.15) is 5.10 Å². The summed E-state index contributed by atoms with van der Waals surface area (Å²) in [6.45, 7) is 0.717. The standard InChI is InChI=1S/C15H16N4O3/c20-14-13(16-15(21)17-14)12-9-5-1-2-6-10(9)19(18-12)11-7-3-4-8-22-11/h1-2,5-6,11,13H,3-4,7-8H2,(H2,16,17,20,21)/t11-,13+/m0/s1. The Kier molecular flexibility index (Phi) is 3.07. The molecule has 114 valence electrons. The third-order valence-electron chi connectivity index (χ3n) is 4.12. The molecular weight excluding hydrogens is 284 g/mol. The van der Waals surface area contributed by atoms with Gasteiger partial charge in [-0.15, -0.1) is 0 Å². The molecule has 1 aromatic heterocycles. The van der Waals surface area contributed by atoms with E-state index in [9.17, 15) is 9.59 Å². The van der Waals surface area contributed by atoms with E-state index in [0.717, 1.165) is 36.8 Å². The monoisotopic (exact) mass is 300 g/mol. The van der Waals surface area contributed by atoms with Crippen molar-refractivity contribution < 1.29 is 14.3 Å². The van der Waals surface area contributed by atoms with Gasteiger partial charge in [0.15, 0.2) is 12.3 Å². The number of hydrogen-bond donors (Lipinski definition) is 2. The Balaban J connectivity index is 1.82. The van der Waals surface area contributed by atoms with Crippen LogP contribution in [0.5, 0.6) is 0 Å². The number of imide groups is 1. The van der Waals surface area contributed by atoms with Crippen molar-refractivity contribution in [2.24, 2.45) is 0 Å². The van der Waals surface area contributed by atoms with E-state index in [2.05, 4.69) is 15.7 Å². The largest absolute Gasteiger partial charge is 0.356 e. The van der Waals surface area contributed by atoms with E-state index in [0.29, 0.717) is 5.69 Å². The van der Waals surface area contributed by atoms with Gasteiger partial charge < -0.3 is 10.1 Å². The molecule has 4 rings (SSSR count). The molecular formula is C15H16N4O3. The highest BCUT2D eigenvalue weighted by Crippen LogP contribution is 2.31. The Labute approximate surface area is 126 Å². The summed E-state index contributed by atoms with van der Waals surface area (Å²) in [5.74, 6) is -0.370. The first-order chi connectivity index (χ1) is 10.7. The fourth-order valence-corrected chi connectivity index (χ4v) is 3.07. The number of urea groups is 1.